The summed E-state index contributed by atoms with van der Waals surface area (Å²) in [7, 11) is 0. The van der Waals surface area contributed by atoms with Crippen LogP contribution in [0.3, 0.4) is 0 Å². The van der Waals surface area contributed by atoms with E-state index in [0.29, 0.717) is 4.47 Å². The van der Waals surface area contributed by atoms with E-state index in [1.807, 2.05) is 20.8 Å². The summed E-state index contributed by atoms with van der Waals surface area (Å²) in [6, 6.07) is 5.03. The molecule has 0 fully saturated rings. The molecule has 1 rings (SSSR count). The van der Waals surface area contributed by atoms with Gasteiger partial charge in [-0.25, -0.2) is 4.39 Å². The number of hydrogen-bond donors (Lipinski definition) is 1. The summed E-state index contributed by atoms with van der Waals surface area (Å²) >= 11 is 3.17. The molecular formula is C13H15BrFN. The molecule has 0 bridgehead atoms. The lowest BCUT2D eigenvalue weighted by atomic mass is 10.0. The molecule has 0 aromatic heterocycles. The predicted molar refractivity (Wildman–Crippen MR) is 68.6 cm³/mol. The average Bonchev–Trinajstić information content (AvgIpc) is 2.21. The van der Waals surface area contributed by atoms with Crippen LogP contribution in [0.15, 0.2) is 22.7 Å². The summed E-state index contributed by atoms with van der Waals surface area (Å²) in [6.45, 7) is 5.86. The van der Waals surface area contributed by atoms with Crippen LogP contribution >= 0.6 is 15.9 Å². The summed E-state index contributed by atoms with van der Waals surface area (Å²) in [5, 5.41) is 3.29. The lowest BCUT2D eigenvalue weighted by Crippen LogP contribution is -2.39. The predicted octanol–water partition coefficient (Wildman–Crippen LogP) is 3.65. The van der Waals surface area contributed by atoms with Gasteiger partial charge in [-0.1, -0.05) is 12.0 Å². The minimum atomic E-state index is -0.375. The van der Waals surface area contributed by atoms with Crippen molar-refractivity contribution < 1.29 is 4.39 Å². The maximum Gasteiger partial charge on any atom is 0.137 e. The van der Waals surface area contributed by atoms with Crippen molar-refractivity contribution in [1.82, 2.24) is 5.32 Å². The summed E-state index contributed by atoms with van der Waals surface area (Å²) < 4.78 is 13.5. The van der Waals surface area contributed by atoms with Crippen molar-refractivity contribution >= 4 is 15.9 Å². The maximum atomic E-state index is 13.1. The molecule has 0 radical (unpaired) electrons. The largest absolute Gasteiger partial charge is 0.295 e. The highest BCUT2D eigenvalue weighted by Gasteiger charge is 2.18. The van der Waals surface area contributed by atoms with Gasteiger partial charge in [-0.15, -0.1) is 6.42 Å². The Morgan fingerprint density at radius 1 is 1.50 bits per heavy atom. The van der Waals surface area contributed by atoms with Crippen molar-refractivity contribution in [2.24, 2.45) is 0 Å². The van der Waals surface area contributed by atoms with Crippen LogP contribution in [0.4, 0.5) is 4.39 Å². The van der Waals surface area contributed by atoms with E-state index in [-0.39, 0.29) is 17.4 Å². The number of hydrogen-bond acceptors (Lipinski definition) is 1. The molecule has 3 heteroatoms. The zero-order chi connectivity index (χ0) is 12.3. The molecule has 1 aromatic rings. The summed E-state index contributed by atoms with van der Waals surface area (Å²) in [6.07, 6.45) is 5.40. The Morgan fingerprint density at radius 3 is 2.62 bits per heavy atom. The third-order valence-electron chi connectivity index (χ3n) is 2.38. The molecule has 0 heterocycles. The van der Waals surface area contributed by atoms with Crippen molar-refractivity contribution in [2.75, 3.05) is 0 Å². The number of benzene rings is 1. The Kier molecular flexibility index (Phi) is 4.12. The van der Waals surface area contributed by atoms with Gasteiger partial charge in [0.05, 0.1) is 10.0 Å². The van der Waals surface area contributed by atoms with Crippen LogP contribution in [0, 0.1) is 18.2 Å². The van der Waals surface area contributed by atoms with Crippen molar-refractivity contribution in [3.63, 3.8) is 0 Å². The summed E-state index contributed by atoms with van der Waals surface area (Å²) in [5.41, 5.74) is 0.622. The van der Waals surface area contributed by atoms with E-state index in [2.05, 4.69) is 27.2 Å². The van der Waals surface area contributed by atoms with Gasteiger partial charge in [0, 0.05) is 6.04 Å². The Labute approximate surface area is 105 Å². The minimum absolute atomic E-state index is 0.0722. The molecule has 1 unspecified atom stereocenters. The summed E-state index contributed by atoms with van der Waals surface area (Å²) in [4.78, 5) is 0. The molecule has 86 valence electrons. The Bertz CT molecular complexity index is 420. The van der Waals surface area contributed by atoms with Gasteiger partial charge in [0.25, 0.3) is 0 Å². The molecule has 0 aliphatic heterocycles. The maximum absolute atomic E-state index is 13.1. The Morgan fingerprint density at radius 2 is 2.12 bits per heavy atom. The zero-order valence-electron chi connectivity index (χ0n) is 9.64. The Hall–Kier alpha value is -0.850. The molecular weight excluding hydrogens is 269 g/mol. The van der Waals surface area contributed by atoms with Gasteiger partial charge in [-0.3, -0.25) is 5.32 Å². The first-order valence-electron chi connectivity index (χ1n) is 5.06. The van der Waals surface area contributed by atoms with Crippen molar-refractivity contribution in [2.45, 2.75) is 32.4 Å². The highest BCUT2D eigenvalue weighted by molar-refractivity contribution is 9.10. The van der Waals surface area contributed by atoms with Crippen LogP contribution in [0.2, 0.25) is 0 Å². The smallest absolute Gasteiger partial charge is 0.137 e. The van der Waals surface area contributed by atoms with Crippen LogP contribution in [0.25, 0.3) is 0 Å². The zero-order valence-corrected chi connectivity index (χ0v) is 11.2. The van der Waals surface area contributed by atoms with Gasteiger partial charge < -0.3 is 0 Å². The standard InChI is InChI=1S/C13H15BrFN/c1-5-13(3,4)16-9(2)10-6-7-12(15)11(14)8-10/h1,6-9,16H,2-4H3. The third-order valence-corrected chi connectivity index (χ3v) is 2.99. The quantitative estimate of drug-likeness (QED) is 0.835. The van der Waals surface area contributed by atoms with Crippen LogP contribution in [-0.2, 0) is 0 Å². The van der Waals surface area contributed by atoms with Crippen molar-refractivity contribution in [3.05, 3.63) is 34.1 Å². The van der Waals surface area contributed by atoms with Crippen LogP contribution in [0.5, 0.6) is 0 Å². The molecule has 0 aliphatic carbocycles. The second-order valence-corrected chi connectivity index (χ2v) is 5.16. The second kappa shape index (κ2) is 4.99. The monoisotopic (exact) mass is 283 g/mol. The van der Waals surface area contributed by atoms with E-state index >= 15 is 0 Å². The fourth-order valence-corrected chi connectivity index (χ4v) is 1.84. The normalized spacial score (nSPS) is 13.2. The van der Waals surface area contributed by atoms with E-state index in [9.17, 15) is 4.39 Å². The topological polar surface area (TPSA) is 12.0 Å². The van der Waals surface area contributed by atoms with E-state index in [1.165, 1.54) is 6.07 Å². The third kappa shape index (κ3) is 3.33. The van der Waals surface area contributed by atoms with Crippen molar-refractivity contribution in [3.8, 4) is 12.3 Å². The average molecular weight is 284 g/mol. The van der Waals surface area contributed by atoms with E-state index in [4.69, 9.17) is 6.42 Å². The molecule has 0 saturated carbocycles. The fraction of sp³-hybridized carbons (Fsp3) is 0.385. The van der Waals surface area contributed by atoms with E-state index in [0.717, 1.165) is 5.56 Å². The fourth-order valence-electron chi connectivity index (χ4n) is 1.45. The number of halogens is 2. The molecule has 0 amide bonds. The highest BCUT2D eigenvalue weighted by Crippen LogP contribution is 2.22. The second-order valence-electron chi connectivity index (χ2n) is 4.31. The molecule has 0 saturated heterocycles. The van der Waals surface area contributed by atoms with Gasteiger partial charge in [-0.2, -0.15) is 0 Å². The molecule has 16 heavy (non-hydrogen) atoms. The lowest BCUT2D eigenvalue weighted by Gasteiger charge is -2.25. The van der Waals surface area contributed by atoms with Crippen LogP contribution < -0.4 is 5.32 Å². The molecule has 0 aliphatic rings. The highest BCUT2D eigenvalue weighted by atomic mass is 79.9. The first-order valence-corrected chi connectivity index (χ1v) is 5.85. The number of nitrogens with one attached hydrogen (secondary N) is 1. The van der Waals surface area contributed by atoms with Gasteiger partial charge in [0.15, 0.2) is 0 Å². The molecule has 0 spiro atoms. The molecule has 1 atom stereocenters. The molecule has 1 N–H and O–H groups in total. The van der Waals surface area contributed by atoms with Gasteiger partial charge in [0.2, 0.25) is 0 Å². The van der Waals surface area contributed by atoms with Gasteiger partial charge >= 0.3 is 0 Å². The lowest BCUT2D eigenvalue weighted by molar-refractivity contribution is 0.431. The SMILES string of the molecule is C#CC(C)(C)NC(C)c1ccc(F)c(Br)c1. The van der Waals surface area contributed by atoms with Gasteiger partial charge in [-0.05, 0) is 54.4 Å². The number of terminal acetylenes is 1. The van der Waals surface area contributed by atoms with Gasteiger partial charge in [0.1, 0.15) is 5.82 Å². The van der Waals surface area contributed by atoms with Crippen LogP contribution in [0.1, 0.15) is 32.4 Å². The Balaban J connectivity index is 2.86. The summed E-state index contributed by atoms with van der Waals surface area (Å²) in [5.74, 6) is 2.41. The van der Waals surface area contributed by atoms with Crippen LogP contribution in [-0.4, -0.2) is 5.54 Å². The minimum Gasteiger partial charge on any atom is -0.295 e. The van der Waals surface area contributed by atoms with E-state index < -0.39 is 0 Å². The molecule has 1 nitrogen and oxygen atoms in total. The van der Waals surface area contributed by atoms with Crippen molar-refractivity contribution in [1.29, 1.82) is 0 Å². The number of rotatable bonds is 3. The van der Waals surface area contributed by atoms with E-state index in [1.54, 1.807) is 12.1 Å². The molecule has 1 aromatic carbocycles. The first kappa shape index (κ1) is 13.2. The first-order chi connectivity index (χ1) is 7.35.